The first-order valence-electron chi connectivity index (χ1n) is 8.79. The van der Waals surface area contributed by atoms with Crippen LogP contribution in [-0.2, 0) is 9.53 Å². The Balaban J connectivity index is 1.80. The van der Waals surface area contributed by atoms with Crippen LogP contribution in [0.4, 0.5) is 0 Å². The predicted octanol–water partition coefficient (Wildman–Crippen LogP) is -0.924. The second-order valence-corrected chi connectivity index (χ2v) is 7.66. The van der Waals surface area contributed by atoms with Crippen molar-refractivity contribution >= 4 is 18.5 Å². The Morgan fingerprint density at radius 1 is 1.33 bits per heavy atom. The fourth-order valence-corrected chi connectivity index (χ4v) is 3.62. The molecule has 0 aromatic carbocycles. The first-order chi connectivity index (χ1) is 11.4. The number of likely N-dealkylation sites (N-methyl/N-ethyl adjacent to an activating group) is 1. The second kappa shape index (κ2) is 9.35. The number of thiol groups is 1. The lowest BCUT2D eigenvalue weighted by Crippen LogP contribution is -2.59. The molecule has 2 aliphatic rings. The Hall–Kier alpha value is -0.380. The van der Waals surface area contributed by atoms with E-state index in [1.807, 2.05) is 6.92 Å². The quantitative estimate of drug-likeness (QED) is 0.532. The van der Waals surface area contributed by atoms with Crippen molar-refractivity contribution in [3.05, 3.63) is 0 Å². The normalized spacial score (nSPS) is 30.0. The number of aliphatic hydroxyl groups excluding tert-OH is 1. The van der Waals surface area contributed by atoms with Gasteiger partial charge in [0.1, 0.15) is 6.10 Å². The van der Waals surface area contributed by atoms with E-state index in [0.717, 1.165) is 26.2 Å². The highest BCUT2D eigenvalue weighted by Gasteiger charge is 2.31. The fourth-order valence-electron chi connectivity index (χ4n) is 3.41. The highest BCUT2D eigenvalue weighted by molar-refractivity contribution is 7.80. The van der Waals surface area contributed by atoms with Crippen molar-refractivity contribution in [2.45, 2.75) is 37.4 Å². The van der Waals surface area contributed by atoms with Crippen molar-refractivity contribution in [2.75, 3.05) is 59.5 Å². The number of nitrogens with zero attached hydrogens (tertiary/aromatic N) is 3. The van der Waals surface area contributed by atoms with Gasteiger partial charge < -0.3 is 20.1 Å². The Labute approximate surface area is 150 Å². The first kappa shape index (κ1) is 19.9. The van der Waals surface area contributed by atoms with Gasteiger partial charge in [-0.2, -0.15) is 12.6 Å². The Morgan fingerprint density at radius 2 is 2.08 bits per heavy atom. The molecule has 0 aromatic heterocycles. The zero-order valence-electron chi connectivity index (χ0n) is 15.0. The summed E-state index contributed by atoms with van der Waals surface area (Å²) in [6.07, 6.45) is -0.429. The van der Waals surface area contributed by atoms with Crippen LogP contribution in [0.2, 0.25) is 0 Å². The Morgan fingerprint density at radius 3 is 2.75 bits per heavy atom. The van der Waals surface area contributed by atoms with Gasteiger partial charge in [-0.15, -0.1) is 0 Å². The molecule has 0 saturated carbocycles. The van der Waals surface area contributed by atoms with Gasteiger partial charge in [-0.3, -0.25) is 14.6 Å². The predicted molar refractivity (Wildman–Crippen MR) is 97.3 cm³/mol. The summed E-state index contributed by atoms with van der Waals surface area (Å²) in [5, 5.41) is 12.7. The average molecular weight is 361 g/mol. The zero-order valence-corrected chi connectivity index (χ0v) is 15.9. The summed E-state index contributed by atoms with van der Waals surface area (Å²) < 4.78 is 5.61. The van der Waals surface area contributed by atoms with E-state index in [2.05, 4.69) is 46.6 Å². The molecule has 3 unspecified atom stereocenters. The van der Waals surface area contributed by atoms with E-state index >= 15 is 0 Å². The van der Waals surface area contributed by atoms with Gasteiger partial charge in [-0.1, -0.05) is 0 Å². The minimum atomic E-state index is -0.429. The minimum absolute atomic E-state index is 0.0600. The van der Waals surface area contributed by atoms with Crippen LogP contribution in [0.3, 0.4) is 0 Å². The summed E-state index contributed by atoms with van der Waals surface area (Å²) in [6.45, 7) is 9.51. The molecule has 2 N–H and O–H groups in total. The number of hydrogen-bond donors (Lipinski definition) is 3. The van der Waals surface area contributed by atoms with Crippen molar-refractivity contribution in [1.29, 1.82) is 0 Å². The number of carbonyl (C=O) groups is 1. The van der Waals surface area contributed by atoms with Crippen molar-refractivity contribution in [1.82, 2.24) is 20.0 Å². The SMILES string of the molecule is CC(S)N1CCO[C@@H](C(=O)NCC(C)N2CCN(C)CC2CO)C1. The van der Waals surface area contributed by atoms with Gasteiger partial charge >= 0.3 is 0 Å². The molecule has 140 valence electrons. The molecule has 0 spiro atoms. The first-order valence-corrected chi connectivity index (χ1v) is 9.30. The number of nitrogens with one attached hydrogen (secondary N) is 1. The molecule has 2 saturated heterocycles. The number of hydrogen-bond acceptors (Lipinski definition) is 7. The number of rotatable bonds is 6. The third kappa shape index (κ3) is 5.31. The summed E-state index contributed by atoms with van der Waals surface area (Å²) in [5.41, 5.74) is 0. The van der Waals surface area contributed by atoms with Crippen LogP contribution in [0.25, 0.3) is 0 Å². The van der Waals surface area contributed by atoms with Gasteiger partial charge in [0.15, 0.2) is 0 Å². The maximum atomic E-state index is 12.4. The molecular formula is C16H32N4O3S. The van der Waals surface area contributed by atoms with Crippen LogP contribution in [0.1, 0.15) is 13.8 Å². The van der Waals surface area contributed by atoms with Gasteiger partial charge in [-0.25, -0.2) is 0 Å². The van der Waals surface area contributed by atoms with Gasteiger partial charge in [-0.05, 0) is 20.9 Å². The van der Waals surface area contributed by atoms with E-state index in [1.165, 1.54) is 0 Å². The lowest BCUT2D eigenvalue weighted by atomic mass is 10.1. The Bertz CT molecular complexity index is 413. The average Bonchev–Trinajstić information content (AvgIpc) is 2.59. The number of piperazine rings is 1. The van der Waals surface area contributed by atoms with Crippen molar-refractivity contribution in [2.24, 2.45) is 0 Å². The summed E-state index contributed by atoms with van der Waals surface area (Å²) in [6, 6.07) is 0.311. The van der Waals surface area contributed by atoms with Crippen molar-refractivity contribution in [3.63, 3.8) is 0 Å². The van der Waals surface area contributed by atoms with E-state index in [1.54, 1.807) is 0 Å². The third-order valence-electron chi connectivity index (χ3n) is 5.00. The second-order valence-electron chi connectivity index (χ2n) is 6.92. The molecule has 2 heterocycles. The number of aliphatic hydroxyl groups is 1. The van der Waals surface area contributed by atoms with Crippen molar-refractivity contribution < 1.29 is 14.6 Å². The molecule has 0 bridgehead atoms. The minimum Gasteiger partial charge on any atom is -0.395 e. The molecule has 0 aromatic rings. The summed E-state index contributed by atoms with van der Waals surface area (Å²) in [5.74, 6) is -0.0600. The fraction of sp³-hybridized carbons (Fsp3) is 0.938. The molecule has 2 fully saturated rings. The molecule has 8 heteroatoms. The molecule has 4 atom stereocenters. The molecule has 1 amide bonds. The Kier molecular flexibility index (Phi) is 7.77. The molecule has 2 aliphatic heterocycles. The van der Waals surface area contributed by atoms with E-state index < -0.39 is 6.10 Å². The van der Waals surface area contributed by atoms with Crippen LogP contribution >= 0.6 is 12.6 Å². The van der Waals surface area contributed by atoms with Crippen molar-refractivity contribution in [3.8, 4) is 0 Å². The molecule has 2 rings (SSSR count). The smallest absolute Gasteiger partial charge is 0.250 e. The van der Waals surface area contributed by atoms with E-state index in [9.17, 15) is 9.90 Å². The lowest BCUT2D eigenvalue weighted by molar-refractivity contribution is -0.139. The number of carbonyl (C=O) groups excluding carboxylic acids is 1. The number of amides is 1. The molecule has 24 heavy (non-hydrogen) atoms. The van der Waals surface area contributed by atoms with Gasteiger partial charge in [0.2, 0.25) is 0 Å². The highest BCUT2D eigenvalue weighted by atomic mass is 32.1. The van der Waals surface area contributed by atoms with Crippen LogP contribution in [0, 0.1) is 0 Å². The van der Waals surface area contributed by atoms with E-state index in [-0.39, 0.29) is 30.0 Å². The molecule has 0 radical (unpaired) electrons. The molecule has 0 aliphatic carbocycles. The molecule has 7 nitrogen and oxygen atoms in total. The van der Waals surface area contributed by atoms with E-state index in [4.69, 9.17) is 4.74 Å². The van der Waals surface area contributed by atoms with Crippen LogP contribution in [0.5, 0.6) is 0 Å². The standard InChI is InChI=1S/C16H32N4O3S/c1-12(20-5-4-18(3)9-14(20)11-21)8-17-16(22)15-10-19(13(2)24)6-7-23-15/h12-15,21,24H,4-11H2,1-3H3,(H,17,22)/t12?,13?,14?,15-/m1/s1. The van der Waals surface area contributed by atoms with Gasteiger partial charge in [0, 0.05) is 51.4 Å². The van der Waals surface area contributed by atoms with Crippen LogP contribution in [-0.4, -0.2) is 109 Å². The van der Waals surface area contributed by atoms with Crippen LogP contribution in [0.15, 0.2) is 0 Å². The van der Waals surface area contributed by atoms with E-state index in [0.29, 0.717) is 19.7 Å². The van der Waals surface area contributed by atoms with Gasteiger partial charge in [0.05, 0.1) is 18.6 Å². The largest absolute Gasteiger partial charge is 0.395 e. The van der Waals surface area contributed by atoms with Gasteiger partial charge in [0.25, 0.3) is 5.91 Å². The summed E-state index contributed by atoms with van der Waals surface area (Å²) >= 11 is 4.44. The lowest BCUT2D eigenvalue weighted by Gasteiger charge is -2.42. The topological polar surface area (TPSA) is 68.3 Å². The third-order valence-corrected chi connectivity index (χ3v) is 5.33. The number of morpholine rings is 1. The highest BCUT2D eigenvalue weighted by Crippen LogP contribution is 2.13. The maximum absolute atomic E-state index is 12.4. The summed E-state index contributed by atoms with van der Waals surface area (Å²) in [7, 11) is 2.07. The zero-order chi connectivity index (χ0) is 17.7. The monoisotopic (exact) mass is 360 g/mol. The number of ether oxygens (including phenoxy) is 1. The summed E-state index contributed by atoms with van der Waals surface area (Å²) in [4.78, 5) is 19.0. The van der Waals surface area contributed by atoms with Crippen LogP contribution < -0.4 is 5.32 Å². The maximum Gasteiger partial charge on any atom is 0.250 e. The molecular weight excluding hydrogens is 328 g/mol.